The molecule has 2 fully saturated rings. The highest BCUT2D eigenvalue weighted by atomic mass is 35.5. The molecular weight excluding hydrogens is 300 g/mol. The SMILES string of the molecule is Cl.NCC1(CC(=O)NCC2(CCO)CCCC2)CCCCC1. The number of nitrogens with two attached hydrogens (primary N) is 1. The number of hydrogen-bond acceptors (Lipinski definition) is 3. The standard InChI is InChI=1S/C17H32N2O2.ClH/c18-13-17(8-2-1-3-9-17)12-15(21)19-14-16(10-11-20)6-4-5-7-16;/h20H,1-14,18H2,(H,19,21);1H. The van der Waals surface area contributed by atoms with E-state index in [1.54, 1.807) is 0 Å². The normalized spacial score (nSPS) is 22.8. The lowest BCUT2D eigenvalue weighted by Crippen LogP contribution is -2.42. The zero-order valence-electron chi connectivity index (χ0n) is 13.7. The summed E-state index contributed by atoms with van der Waals surface area (Å²) in [5.41, 5.74) is 6.15. The zero-order chi connectivity index (χ0) is 15.2. The first-order chi connectivity index (χ1) is 10.1. The van der Waals surface area contributed by atoms with Crippen molar-refractivity contribution in [2.24, 2.45) is 16.6 Å². The average Bonchev–Trinajstić information content (AvgIpc) is 2.96. The van der Waals surface area contributed by atoms with E-state index in [2.05, 4.69) is 5.32 Å². The fourth-order valence-corrected chi connectivity index (χ4v) is 4.32. The summed E-state index contributed by atoms with van der Waals surface area (Å²) >= 11 is 0. The molecule has 0 heterocycles. The van der Waals surface area contributed by atoms with Crippen LogP contribution in [0.4, 0.5) is 0 Å². The van der Waals surface area contributed by atoms with Crippen LogP contribution in [0.5, 0.6) is 0 Å². The average molecular weight is 333 g/mol. The lowest BCUT2D eigenvalue weighted by Gasteiger charge is -2.36. The van der Waals surface area contributed by atoms with Crippen molar-refractivity contribution in [1.82, 2.24) is 5.32 Å². The number of amides is 1. The second-order valence-corrected chi connectivity index (χ2v) is 7.40. The Kier molecular flexibility index (Phi) is 8.15. The molecule has 4 N–H and O–H groups in total. The van der Waals surface area contributed by atoms with Crippen LogP contribution in [0.3, 0.4) is 0 Å². The maximum absolute atomic E-state index is 12.3. The highest BCUT2D eigenvalue weighted by Crippen LogP contribution is 2.41. The molecule has 0 atom stereocenters. The first-order valence-corrected chi connectivity index (χ1v) is 8.71. The van der Waals surface area contributed by atoms with Crippen LogP contribution in [0.1, 0.15) is 70.6 Å². The van der Waals surface area contributed by atoms with Crippen LogP contribution in [-0.4, -0.2) is 30.7 Å². The van der Waals surface area contributed by atoms with Crippen LogP contribution in [0, 0.1) is 10.8 Å². The van der Waals surface area contributed by atoms with Crippen LogP contribution < -0.4 is 11.1 Å². The van der Waals surface area contributed by atoms with Gasteiger partial charge in [-0.25, -0.2) is 0 Å². The van der Waals surface area contributed by atoms with Gasteiger partial charge in [0.1, 0.15) is 0 Å². The molecule has 0 aromatic rings. The molecule has 130 valence electrons. The van der Waals surface area contributed by atoms with Crippen molar-refractivity contribution in [3.63, 3.8) is 0 Å². The fraction of sp³-hybridized carbons (Fsp3) is 0.941. The van der Waals surface area contributed by atoms with Crippen molar-refractivity contribution in [3.8, 4) is 0 Å². The highest BCUT2D eigenvalue weighted by molar-refractivity contribution is 5.85. The summed E-state index contributed by atoms with van der Waals surface area (Å²) < 4.78 is 0. The van der Waals surface area contributed by atoms with Crippen molar-refractivity contribution in [2.45, 2.75) is 70.6 Å². The van der Waals surface area contributed by atoms with E-state index in [-0.39, 0.29) is 35.8 Å². The second-order valence-electron chi connectivity index (χ2n) is 7.40. The monoisotopic (exact) mass is 332 g/mol. The van der Waals surface area contributed by atoms with E-state index in [1.165, 1.54) is 32.1 Å². The minimum absolute atomic E-state index is 0. The highest BCUT2D eigenvalue weighted by Gasteiger charge is 2.36. The predicted molar refractivity (Wildman–Crippen MR) is 92.1 cm³/mol. The molecule has 5 heteroatoms. The quantitative estimate of drug-likeness (QED) is 0.671. The number of rotatable bonds is 7. The van der Waals surface area contributed by atoms with Gasteiger partial charge in [0.05, 0.1) is 0 Å². The van der Waals surface area contributed by atoms with Crippen molar-refractivity contribution < 1.29 is 9.90 Å². The molecule has 0 aromatic heterocycles. The van der Waals surface area contributed by atoms with Crippen molar-refractivity contribution in [2.75, 3.05) is 19.7 Å². The van der Waals surface area contributed by atoms with E-state index in [4.69, 9.17) is 5.73 Å². The van der Waals surface area contributed by atoms with Crippen molar-refractivity contribution in [1.29, 1.82) is 0 Å². The van der Waals surface area contributed by atoms with E-state index in [0.29, 0.717) is 13.0 Å². The third kappa shape index (κ3) is 5.10. The van der Waals surface area contributed by atoms with Crippen LogP contribution in [0.2, 0.25) is 0 Å². The Hall–Kier alpha value is -0.320. The molecule has 0 unspecified atom stereocenters. The van der Waals surface area contributed by atoms with Crippen molar-refractivity contribution >= 4 is 18.3 Å². The molecule has 4 nitrogen and oxygen atoms in total. The third-order valence-electron chi connectivity index (χ3n) is 5.85. The molecule has 0 bridgehead atoms. The second kappa shape index (κ2) is 9.09. The van der Waals surface area contributed by atoms with Gasteiger partial charge in [-0.3, -0.25) is 4.79 Å². The van der Waals surface area contributed by atoms with E-state index in [1.807, 2.05) is 0 Å². The topological polar surface area (TPSA) is 75.4 Å². The lowest BCUT2D eigenvalue weighted by atomic mass is 9.71. The number of carbonyl (C=O) groups is 1. The van der Waals surface area contributed by atoms with Crippen molar-refractivity contribution in [3.05, 3.63) is 0 Å². The summed E-state index contributed by atoms with van der Waals surface area (Å²) in [5, 5.41) is 12.4. The maximum Gasteiger partial charge on any atom is 0.220 e. The molecule has 2 rings (SSSR count). The fourth-order valence-electron chi connectivity index (χ4n) is 4.32. The molecule has 0 aliphatic heterocycles. The van der Waals surface area contributed by atoms with Gasteiger partial charge in [0, 0.05) is 19.6 Å². The number of aliphatic hydroxyl groups excluding tert-OH is 1. The van der Waals surface area contributed by atoms with E-state index in [0.717, 1.165) is 38.6 Å². The van der Waals surface area contributed by atoms with Crippen LogP contribution in [-0.2, 0) is 4.79 Å². The van der Waals surface area contributed by atoms with Crippen LogP contribution in [0.15, 0.2) is 0 Å². The maximum atomic E-state index is 12.3. The van der Waals surface area contributed by atoms with E-state index < -0.39 is 0 Å². The summed E-state index contributed by atoms with van der Waals surface area (Å²) in [5.74, 6) is 0.159. The molecule has 0 spiro atoms. The molecule has 0 radical (unpaired) electrons. The predicted octanol–water partition coefficient (Wildman–Crippen LogP) is 2.77. The van der Waals surface area contributed by atoms with Gasteiger partial charge in [-0.05, 0) is 49.5 Å². The number of carbonyl (C=O) groups excluding carboxylic acids is 1. The van der Waals surface area contributed by atoms with Gasteiger partial charge < -0.3 is 16.2 Å². The number of hydrogen-bond donors (Lipinski definition) is 3. The molecule has 0 aromatic carbocycles. The zero-order valence-corrected chi connectivity index (χ0v) is 14.6. The van der Waals surface area contributed by atoms with Gasteiger partial charge in [0.15, 0.2) is 0 Å². The minimum atomic E-state index is 0. The van der Waals surface area contributed by atoms with E-state index in [9.17, 15) is 9.90 Å². The largest absolute Gasteiger partial charge is 0.396 e. The van der Waals surface area contributed by atoms with Gasteiger partial charge in [0.2, 0.25) is 5.91 Å². The number of nitrogens with one attached hydrogen (secondary N) is 1. The summed E-state index contributed by atoms with van der Waals surface area (Å²) in [6, 6.07) is 0. The lowest BCUT2D eigenvalue weighted by molar-refractivity contribution is -0.124. The molecule has 22 heavy (non-hydrogen) atoms. The summed E-state index contributed by atoms with van der Waals surface area (Å²) in [7, 11) is 0. The molecule has 2 saturated carbocycles. The number of aliphatic hydroxyl groups is 1. The Morgan fingerprint density at radius 2 is 1.55 bits per heavy atom. The Morgan fingerprint density at radius 3 is 2.09 bits per heavy atom. The molecule has 2 aliphatic rings. The van der Waals surface area contributed by atoms with Gasteiger partial charge in [-0.2, -0.15) is 0 Å². The summed E-state index contributed by atoms with van der Waals surface area (Å²) in [6.45, 7) is 1.58. The third-order valence-corrected chi connectivity index (χ3v) is 5.85. The van der Waals surface area contributed by atoms with Crippen LogP contribution in [0.25, 0.3) is 0 Å². The van der Waals surface area contributed by atoms with Gasteiger partial charge >= 0.3 is 0 Å². The van der Waals surface area contributed by atoms with Gasteiger partial charge in [-0.15, -0.1) is 12.4 Å². The van der Waals surface area contributed by atoms with Gasteiger partial charge in [0.25, 0.3) is 0 Å². The first-order valence-electron chi connectivity index (χ1n) is 8.71. The van der Waals surface area contributed by atoms with E-state index >= 15 is 0 Å². The summed E-state index contributed by atoms with van der Waals surface area (Å²) in [6.07, 6.45) is 12.0. The number of halogens is 1. The Balaban J connectivity index is 0.00000242. The molecule has 1 amide bonds. The van der Waals surface area contributed by atoms with Crippen LogP contribution >= 0.6 is 12.4 Å². The molecular formula is C17H33ClN2O2. The molecule has 0 saturated heterocycles. The Bertz CT molecular complexity index is 338. The minimum Gasteiger partial charge on any atom is -0.396 e. The first kappa shape index (κ1) is 19.7. The Morgan fingerprint density at radius 1 is 1.00 bits per heavy atom. The van der Waals surface area contributed by atoms with Gasteiger partial charge in [-0.1, -0.05) is 32.1 Å². The Labute approximate surface area is 141 Å². The summed E-state index contributed by atoms with van der Waals surface area (Å²) in [4.78, 5) is 12.3. The smallest absolute Gasteiger partial charge is 0.220 e. The molecule has 2 aliphatic carbocycles.